The Morgan fingerprint density at radius 2 is 1.69 bits per heavy atom. The van der Waals surface area contributed by atoms with Crippen molar-refractivity contribution in [2.45, 2.75) is 15.5 Å². The third kappa shape index (κ3) is 4.79. The molecule has 2 aromatic rings. The topological polar surface area (TPSA) is 106 Å². The Bertz CT molecular complexity index is 916. The molecule has 0 saturated carbocycles. The monoisotopic (exact) mass is 400 g/mol. The Hall–Kier alpha value is -2.46. The summed E-state index contributed by atoms with van der Waals surface area (Å²) in [5.74, 6) is -4.56. The van der Waals surface area contributed by atoms with Gasteiger partial charge in [-0.05, 0) is 36.4 Å². The summed E-state index contributed by atoms with van der Waals surface area (Å²) in [7, 11) is -4.71. The van der Waals surface area contributed by atoms with Crippen molar-refractivity contribution >= 4 is 39.1 Å². The molecule has 26 heavy (non-hydrogen) atoms. The highest BCUT2D eigenvalue weighted by molar-refractivity contribution is 8.00. The lowest BCUT2D eigenvalue weighted by molar-refractivity contribution is -0.115. The van der Waals surface area contributed by atoms with Gasteiger partial charge < -0.3 is 11.1 Å². The van der Waals surface area contributed by atoms with E-state index >= 15 is 0 Å². The van der Waals surface area contributed by atoms with Crippen molar-refractivity contribution < 1.29 is 26.8 Å². The fourth-order valence-corrected chi connectivity index (χ4v) is 3.41. The molecule has 2 rings (SSSR count). The van der Waals surface area contributed by atoms with Crippen LogP contribution in [0.5, 0.6) is 0 Å². The first kappa shape index (κ1) is 19.9. The maximum absolute atomic E-state index is 12.5. The maximum Gasteiger partial charge on any atom is 0.341 e. The standard InChI is InChI=1S/C16H14F2N2O4S2/c17-16(18)26(23,24)11-7-5-10(6-8-11)15(22)20-12-3-1-2-4-13(12)25-9-14(19)21/h1-8,16H,9H2,(H2,19,21)(H,20,22). The minimum Gasteiger partial charge on any atom is -0.369 e. The number of thioether (sulfide) groups is 1. The molecule has 6 nitrogen and oxygen atoms in total. The van der Waals surface area contributed by atoms with E-state index in [0.29, 0.717) is 10.6 Å². The normalized spacial score (nSPS) is 11.3. The number of nitrogens with one attached hydrogen (secondary N) is 1. The van der Waals surface area contributed by atoms with E-state index < -0.39 is 32.3 Å². The van der Waals surface area contributed by atoms with Crippen molar-refractivity contribution in [3.8, 4) is 0 Å². The van der Waals surface area contributed by atoms with Gasteiger partial charge in [0.15, 0.2) is 0 Å². The van der Waals surface area contributed by atoms with Crippen LogP contribution in [-0.4, -0.2) is 31.7 Å². The van der Waals surface area contributed by atoms with Gasteiger partial charge >= 0.3 is 5.76 Å². The van der Waals surface area contributed by atoms with Crippen LogP contribution in [0.1, 0.15) is 10.4 Å². The van der Waals surface area contributed by atoms with E-state index in [1.54, 1.807) is 24.3 Å². The minimum absolute atomic E-state index is 0.0348. The lowest BCUT2D eigenvalue weighted by atomic mass is 10.2. The Balaban J connectivity index is 2.17. The number of sulfone groups is 1. The summed E-state index contributed by atoms with van der Waals surface area (Å²) >= 11 is 1.15. The van der Waals surface area contributed by atoms with Gasteiger partial charge in [-0.3, -0.25) is 9.59 Å². The van der Waals surface area contributed by atoms with Gasteiger partial charge in [0.1, 0.15) is 0 Å². The van der Waals surface area contributed by atoms with Crippen molar-refractivity contribution in [1.82, 2.24) is 0 Å². The molecule has 2 aromatic carbocycles. The largest absolute Gasteiger partial charge is 0.369 e. The van der Waals surface area contributed by atoms with Crippen LogP contribution in [0, 0.1) is 0 Å². The molecular weight excluding hydrogens is 386 g/mol. The van der Waals surface area contributed by atoms with Crippen molar-refractivity contribution in [1.29, 1.82) is 0 Å². The summed E-state index contributed by atoms with van der Waals surface area (Å²) in [6.45, 7) is 0. The van der Waals surface area contributed by atoms with Crippen LogP contribution in [-0.2, 0) is 14.6 Å². The third-order valence-corrected chi connectivity index (χ3v) is 5.68. The Morgan fingerprint density at radius 1 is 1.08 bits per heavy atom. The molecule has 0 spiro atoms. The third-order valence-electron chi connectivity index (χ3n) is 3.18. The molecule has 10 heteroatoms. The average Bonchev–Trinajstić information content (AvgIpc) is 2.60. The summed E-state index contributed by atoms with van der Waals surface area (Å²) in [6, 6.07) is 10.9. The van der Waals surface area contributed by atoms with Crippen molar-refractivity contribution in [3.63, 3.8) is 0 Å². The van der Waals surface area contributed by atoms with Crippen LogP contribution in [0.4, 0.5) is 14.5 Å². The second-order valence-electron chi connectivity index (χ2n) is 5.04. The van der Waals surface area contributed by atoms with Crippen molar-refractivity contribution in [2.75, 3.05) is 11.1 Å². The van der Waals surface area contributed by atoms with Gasteiger partial charge in [0.25, 0.3) is 5.91 Å². The van der Waals surface area contributed by atoms with Gasteiger partial charge in [0, 0.05) is 10.5 Å². The zero-order chi connectivity index (χ0) is 19.3. The molecule has 0 fully saturated rings. The van der Waals surface area contributed by atoms with E-state index in [9.17, 15) is 26.8 Å². The van der Waals surface area contributed by atoms with E-state index in [-0.39, 0.29) is 11.3 Å². The lowest BCUT2D eigenvalue weighted by Crippen LogP contribution is -2.15. The highest BCUT2D eigenvalue weighted by atomic mass is 32.2. The van der Waals surface area contributed by atoms with Crippen molar-refractivity contribution in [3.05, 3.63) is 54.1 Å². The number of alkyl halides is 2. The van der Waals surface area contributed by atoms with Crippen LogP contribution in [0.3, 0.4) is 0 Å². The van der Waals surface area contributed by atoms with E-state index in [1.807, 2.05) is 0 Å². The molecule has 0 atom stereocenters. The highest BCUT2D eigenvalue weighted by Crippen LogP contribution is 2.27. The molecule has 0 unspecified atom stereocenters. The Kier molecular flexibility index (Phi) is 6.32. The summed E-state index contributed by atoms with van der Waals surface area (Å²) in [4.78, 5) is 23.2. The number of hydrogen-bond donors (Lipinski definition) is 2. The van der Waals surface area contributed by atoms with E-state index in [4.69, 9.17) is 5.73 Å². The predicted octanol–water partition coefficient (Wildman–Crippen LogP) is 2.51. The molecule has 0 aliphatic heterocycles. The Morgan fingerprint density at radius 3 is 2.27 bits per heavy atom. The summed E-state index contributed by atoms with van der Waals surface area (Å²) in [5.41, 5.74) is 5.63. The fraction of sp³-hybridized carbons (Fsp3) is 0.125. The number of halogens is 2. The zero-order valence-corrected chi connectivity index (χ0v) is 14.8. The van der Waals surface area contributed by atoms with Crippen molar-refractivity contribution in [2.24, 2.45) is 5.73 Å². The first-order chi connectivity index (χ1) is 12.2. The van der Waals surface area contributed by atoms with Gasteiger partial charge in [-0.1, -0.05) is 12.1 Å². The minimum atomic E-state index is -4.71. The van der Waals surface area contributed by atoms with Crippen LogP contribution in [0.2, 0.25) is 0 Å². The van der Waals surface area contributed by atoms with Crippen LogP contribution >= 0.6 is 11.8 Å². The lowest BCUT2D eigenvalue weighted by Gasteiger charge is -2.10. The SMILES string of the molecule is NC(=O)CSc1ccccc1NC(=O)c1ccc(S(=O)(=O)C(F)F)cc1. The molecule has 0 saturated heterocycles. The van der Waals surface area contributed by atoms with E-state index in [1.165, 1.54) is 0 Å². The van der Waals surface area contributed by atoms with Gasteiger partial charge in [-0.2, -0.15) is 8.78 Å². The highest BCUT2D eigenvalue weighted by Gasteiger charge is 2.26. The molecule has 2 amide bonds. The van der Waals surface area contributed by atoms with Crippen LogP contribution in [0.15, 0.2) is 58.3 Å². The number of carbonyl (C=O) groups excluding carboxylic acids is 2. The second-order valence-corrected chi connectivity index (χ2v) is 7.97. The van der Waals surface area contributed by atoms with E-state index in [2.05, 4.69) is 5.32 Å². The summed E-state index contributed by atoms with van der Waals surface area (Å²) < 4.78 is 47.8. The quantitative estimate of drug-likeness (QED) is 0.695. The maximum atomic E-state index is 12.5. The molecule has 0 radical (unpaired) electrons. The fourth-order valence-electron chi connectivity index (χ4n) is 1.94. The van der Waals surface area contributed by atoms with Gasteiger partial charge in [0.2, 0.25) is 15.7 Å². The number of hydrogen-bond acceptors (Lipinski definition) is 5. The number of primary amides is 1. The first-order valence-electron chi connectivity index (χ1n) is 7.15. The van der Waals surface area contributed by atoms with Gasteiger partial charge in [-0.15, -0.1) is 11.8 Å². The average molecular weight is 400 g/mol. The van der Waals surface area contributed by atoms with Gasteiger partial charge in [0.05, 0.1) is 16.3 Å². The molecule has 0 aliphatic rings. The smallest absolute Gasteiger partial charge is 0.341 e. The zero-order valence-electron chi connectivity index (χ0n) is 13.2. The number of benzene rings is 2. The molecule has 0 bridgehead atoms. The molecule has 0 aromatic heterocycles. The number of nitrogens with two attached hydrogens (primary N) is 1. The summed E-state index contributed by atoms with van der Waals surface area (Å²) in [5, 5.41) is 2.62. The number of amides is 2. The van der Waals surface area contributed by atoms with Crippen LogP contribution in [0.25, 0.3) is 0 Å². The number of carbonyl (C=O) groups is 2. The number of para-hydroxylation sites is 1. The number of anilines is 1. The molecular formula is C16H14F2N2O4S2. The first-order valence-corrected chi connectivity index (χ1v) is 9.68. The Labute approximate surface area is 152 Å². The van der Waals surface area contributed by atoms with E-state index in [0.717, 1.165) is 36.0 Å². The molecule has 3 N–H and O–H groups in total. The summed E-state index contributed by atoms with van der Waals surface area (Å²) in [6.07, 6.45) is 0. The number of rotatable bonds is 7. The molecule has 138 valence electrons. The van der Waals surface area contributed by atoms with Crippen LogP contribution < -0.4 is 11.1 Å². The predicted molar refractivity (Wildman–Crippen MR) is 93.9 cm³/mol. The molecule has 0 heterocycles. The molecule has 0 aliphatic carbocycles. The van der Waals surface area contributed by atoms with Gasteiger partial charge in [-0.25, -0.2) is 8.42 Å². The second kappa shape index (κ2) is 8.28.